The van der Waals surface area contributed by atoms with Crippen molar-refractivity contribution in [3.63, 3.8) is 0 Å². The number of carbonyl (C=O) groups excluding carboxylic acids is 1. The van der Waals surface area contributed by atoms with E-state index in [0.717, 1.165) is 22.0 Å². The molecule has 4 aromatic rings. The summed E-state index contributed by atoms with van der Waals surface area (Å²) in [4.78, 5) is 25.2. The monoisotopic (exact) mass is 387 g/mol. The average Bonchev–Trinajstić information content (AvgIpc) is 3.13. The Morgan fingerprint density at radius 1 is 1.10 bits per heavy atom. The van der Waals surface area contributed by atoms with Crippen molar-refractivity contribution in [3.8, 4) is 17.1 Å². The number of aryl methyl sites for hydroxylation is 1. The minimum Gasteiger partial charge on any atom is -0.474 e. The summed E-state index contributed by atoms with van der Waals surface area (Å²) in [5.74, 6) is 0.661. The molecule has 7 nitrogen and oxygen atoms in total. The van der Waals surface area contributed by atoms with Crippen LogP contribution < -0.4 is 10.1 Å². The van der Waals surface area contributed by atoms with Crippen LogP contribution in [-0.2, 0) is 7.05 Å². The van der Waals surface area contributed by atoms with Crippen LogP contribution in [0.3, 0.4) is 0 Å². The fraction of sp³-hybridized carbons (Fsp3) is 0.182. The second-order valence-electron chi connectivity index (χ2n) is 6.99. The van der Waals surface area contributed by atoms with E-state index >= 15 is 0 Å². The molecule has 0 bridgehead atoms. The van der Waals surface area contributed by atoms with Gasteiger partial charge >= 0.3 is 0 Å². The van der Waals surface area contributed by atoms with Crippen LogP contribution in [0.1, 0.15) is 24.2 Å². The van der Waals surface area contributed by atoms with Gasteiger partial charge in [-0.15, -0.1) is 0 Å². The second-order valence-corrected chi connectivity index (χ2v) is 6.99. The van der Waals surface area contributed by atoms with E-state index < -0.39 is 0 Å². The summed E-state index contributed by atoms with van der Waals surface area (Å²) in [6.45, 7) is 3.89. The van der Waals surface area contributed by atoms with Crippen LogP contribution in [0, 0.1) is 0 Å². The highest BCUT2D eigenvalue weighted by atomic mass is 16.5. The molecule has 1 amide bonds. The van der Waals surface area contributed by atoms with Gasteiger partial charge in [-0.1, -0.05) is 6.07 Å². The van der Waals surface area contributed by atoms with Gasteiger partial charge in [0, 0.05) is 36.0 Å². The van der Waals surface area contributed by atoms with Crippen LogP contribution in [0.15, 0.2) is 61.3 Å². The number of carbonyl (C=O) groups is 1. The van der Waals surface area contributed by atoms with E-state index in [2.05, 4.69) is 20.3 Å². The summed E-state index contributed by atoms with van der Waals surface area (Å²) in [5, 5.41) is 4.65. The van der Waals surface area contributed by atoms with Gasteiger partial charge < -0.3 is 14.6 Å². The molecule has 1 N–H and O–H groups in total. The normalized spacial score (nSPS) is 11.0. The fourth-order valence-corrected chi connectivity index (χ4v) is 3.09. The van der Waals surface area contributed by atoms with Gasteiger partial charge in [0.2, 0.25) is 5.88 Å². The number of aromatic nitrogens is 4. The Bertz CT molecular complexity index is 1170. The van der Waals surface area contributed by atoms with Crippen molar-refractivity contribution < 1.29 is 9.53 Å². The molecule has 3 heterocycles. The van der Waals surface area contributed by atoms with E-state index in [1.54, 1.807) is 30.9 Å². The smallest absolute Gasteiger partial charge is 0.256 e. The molecule has 0 aliphatic heterocycles. The van der Waals surface area contributed by atoms with Crippen molar-refractivity contribution in [2.24, 2.45) is 7.05 Å². The lowest BCUT2D eigenvalue weighted by atomic mass is 10.1. The van der Waals surface area contributed by atoms with E-state index in [9.17, 15) is 4.79 Å². The Morgan fingerprint density at radius 2 is 1.90 bits per heavy atom. The molecule has 0 aliphatic rings. The van der Waals surface area contributed by atoms with Gasteiger partial charge in [0.15, 0.2) is 0 Å². The molecule has 1 aromatic carbocycles. The lowest BCUT2D eigenvalue weighted by Gasteiger charge is -2.14. The van der Waals surface area contributed by atoms with Crippen molar-refractivity contribution in [2.75, 3.05) is 5.32 Å². The largest absolute Gasteiger partial charge is 0.474 e. The number of hydrogen-bond donors (Lipinski definition) is 1. The Balaban J connectivity index is 1.77. The van der Waals surface area contributed by atoms with Crippen LogP contribution in [0.4, 0.5) is 5.82 Å². The van der Waals surface area contributed by atoms with Crippen LogP contribution in [0.25, 0.3) is 22.0 Å². The van der Waals surface area contributed by atoms with E-state index in [1.807, 2.05) is 55.9 Å². The lowest BCUT2D eigenvalue weighted by molar-refractivity contribution is 0.102. The predicted octanol–water partition coefficient (Wildman–Crippen LogP) is 4.07. The molecule has 0 saturated carbocycles. The number of pyridine rings is 2. The number of benzene rings is 1. The molecule has 4 rings (SSSR count). The Morgan fingerprint density at radius 3 is 2.59 bits per heavy atom. The van der Waals surface area contributed by atoms with Crippen molar-refractivity contribution in [3.05, 3.63) is 66.9 Å². The van der Waals surface area contributed by atoms with Crippen LogP contribution in [0.2, 0.25) is 0 Å². The second kappa shape index (κ2) is 7.71. The maximum absolute atomic E-state index is 12.6. The first-order valence-electron chi connectivity index (χ1n) is 9.31. The molecular formula is C22H21N5O2. The van der Waals surface area contributed by atoms with Crippen LogP contribution >= 0.6 is 0 Å². The summed E-state index contributed by atoms with van der Waals surface area (Å²) >= 11 is 0. The minimum atomic E-state index is -0.252. The Hall–Kier alpha value is -3.74. The van der Waals surface area contributed by atoms with Gasteiger partial charge in [-0.25, -0.2) is 4.98 Å². The number of hydrogen-bond acceptors (Lipinski definition) is 5. The molecule has 0 aliphatic carbocycles. The molecule has 3 aromatic heterocycles. The summed E-state index contributed by atoms with van der Waals surface area (Å²) < 4.78 is 7.88. The third-order valence-corrected chi connectivity index (χ3v) is 4.44. The van der Waals surface area contributed by atoms with Crippen molar-refractivity contribution in [1.82, 2.24) is 19.5 Å². The number of imidazole rings is 1. The first-order chi connectivity index (χ1) is 14.0. The van der Waals surface area contributed by atoms with Gasteiger partial charge in [-0.3, -0.25) is 9.78 Å². The third kappa shape index (κ3) is 3.94. The van der Waals surface area contributed by atoms with E-state index in [4.69, 9.17) is 4.74 Å². The summed E-state index contributed by atoms with van der Waals surface area (Å²) in [5.41, 5.74) is 2.53. The number of nitrogens with zero attached hydrogens (tertiary/aromatic N) is 4. The number of ether oxygens (including phenoxy) is 1. The van der Waals surface area contributed by atoms with E-state index in [1.165, 1.54) is 0 Å². The molecule has 29 heavy (non-hydrogen) atoms. The number of fused-ring (bicyclic) bond motifs is 1. The van der Waals surface area contributed by atoms with Crippen LogP contribution in [0.5, 0.6) is 5.88 Å². The van der Waals surface area contributed by atoms with Crippen LogP contribution in [-0.4, -0.2) is 31.5 Å². The van der Waals surface area contributed by atoms with E-state index in [-0.39, 0.29) is 12.0 Å². The molecule has 0 atom stereocenters. The maximum Gasteiger partial charge on any atom is 0.256 e. The molecule has 0 spiro atoms. The highest BCUT2D eigenvalue weighted by Crippen LogP contribution is 2.31. The van der Waals surface area contributed by atoms with Crippen molar-refractivity contribution in [2.45, 2.75) is 20.0 Å². The summed E-state index contributed by atoms with van der Waals surface area (Å²) in [7, 11) is 1.95. The maximum atomic E-state index is 12.6. The van der Waals surface area contributed by atoms with E-state index in [0.29, 0.717) is 17.3 Å². The van der Waals surface area contributed by atoms with Gasteiger partial charge in [0.05, 0.1) is 24.3 Å². The first kappa shape index (κ1) is 18.6. The molecule has 146 valence electrons. The highest BCUT2D eigenvalue weighted by molar-refractivity contribution is 6.05. The Labute approximate surface area is 168 Å². The van der Waals surface area contributed by atoms with Gasteiger partial charge in [0.25, 0.3) is 5.91 Å². The standard InChI is InChI=1S/C22H21N5O2/c1-14(2)29-22-18-5-4-16(19-12-24-13-27(19)3)10-17(18)11-20(26-22)25-21(28)15-6-8-23-9-7-15/h4-14H,1-3H3,(H,25,26,28). The molecule has 0 radical (unpaired) electrons. The minimum absolute atomic E-state index is 0.0476. The third-order valence-electron chi connectivity index (χ3n) is 4.44. The summed E-state index contributed by atoms with van der Waals surface area (Å²) in [6.07, 6.45) is 6.69. The number of anilines is 1. The molecule has 0 unspecified atom stereocenters. The number of nitrogens with one attached hydrogen (secondary N) is 1. The zero-order valence-corrected chi connectivity index (χ0v) is 16.5. The highest BCUT2D eigenvalue weighted by Gasteiger charge is 2.14. The quantitative estimate of drug-likeness (QED) is 0.558. The lowest BCUT2D eigenvalue weighted by Crippen LogP contribution is -2.14. The molecular weight excluding hydrogens is 366 g/mol. The van der Waals surface area contributed by atoms with Gasteiger partial charge in [-0.05, 0) is 49.6 Å². The number of amides is 1. The SMILES string of the molecule is CC(C)Oc1nc(NC(=O)c2ccncc2)cc2cc(-c3cncn3C)ccc12. The zero-order chi connectivity index (χ0) is 20.4. The van der Waals surface area contributed by atoms with Crippen molar-refractivity contribution >= 4 is 22.5 Å². The van der Waals surface area contributed by atoms with Crippen molar-refractivity contribution in [1.29, 1.82) is 0 Å². The van der Waals surface area contributed by atoms with Gasteiger partial charge in [-0.2, -0.15) is 4.98 Å². The number of rotatable bonds is 5. The molecule has 7 heteroatoms. The molecule has 0 saturated heterocycles. The molecule has 0 fully saturated rings. The average molecular weight is 387 g/mol. The Kier molecular flexibility index (Phi) is 4.95. The fourth-order valence-electron chi connectivity index (χ4n) is 3.09. The summed E-state index contributed by atoms with van der Waals surface area (Å²) in [6, 6.07) is 11.2. The van der Waals surface area contributed by atoms with Gasteiger partial charge in [0.1, 0.15) is 5.82 Å². The zero-order valence-electron chi connectivity index (χ0n) is 16.5. The first-order valence-corrected chi connectivity index (χ1v) is 9.31. The topological polar surface area (TPSA) is 81.9 Å². The predicted molar refractivity (Wildman–Crippen MR) is 112 cm³/mol.